The highest BCUT2D eigenvalue weighted by molar-refractivity contribution is 7.97. The van der Waals surface area contributed by atoms with Gasteiger partial charge < -0.3 is 14.8 Å². The van der Waals surface area contributed by atoms with Crippen molar-refractivity contribution in [3.63, 3.8) is 0 Å². The molecule has 1 amide bonds. The maximum Gasteiger partial charge on any atom is 0.340 e. The number of carboxylic acids is 1. The molecule has 21 heavy (non-hydrogen) atoms. The van der Waals surface area contributed by atoms with Gasteiger partial charge in [0, 0.05) is 0 Å². The van der Waals surface area contributed by atoms with Crippen LogP contribution in [0.3, 0.4) is 0 Å². The van der Waals surface area contributed by atoms with E-state index in [9.17, 15) is 14.0 Å². The summed E-state index contributed by atoms with van der Waals surface area (Å²) in [5, 5.41) is 11.3. The number of benzene rings is 1. The fourth-order valence-electron chi connectivity index (χ4n) is 1.75. The first-order chi connectivity index (χ1) is 10.0. The van der Waals surface area contributed by atoms with Crippen molar-refractivity contribution in [2.24, 2.45) is 0 Å². The second-order valence-corrected chi connectivity index (χ2v) is 4.99. The number of carbonyl (C=O) groups is 2. The smallest absolute Gasteiger partial charge is 0.340 e. The first kappa shape index (κ1) is 15.1. The number of amides is 1. The topological polar surface area (TPSA) is 79.5 Å². The molecule has 5 nitrogen and oxygen atoms in total. The van der Waals surface area contributed by atoms with Crippen molar-refractivity contribution in [1.29, 1.82) is 0 Å². The van der Waals surface area contributed by atoms with E-state index in [1.54, 1.807) is 6.07 Å². The Hall–Kier alpha value is -2.28. The van der Waals surface area contributed by atoms with Gasteiger partial charge >= 0.3 is 5.97 Å². The van der Waals surface area contributed by atoms with Gasteiger partial charge in [0.2, 0.25) is 0 Å². The van der Waals surface area contributed by atoms with Crippen molar-refractivity contribution in [3.05, 3.63) is 53.2 Å². The number of carboxylic acid groups (broad SMARTS) is 1. The van der Waals surface area contributed by atoms with Crippen molar-refractivity contribution in [2.45, 2.75) is 5.75 Å². The molecule has 0 atom stereocenters. The van der Waals surface area contributed by atoms with Crippen molar-refractivity contribution < 1.29 is 23.5 Å². The molecule has 2 N–H and O–H groups in total. The third-order valence-electron chi connectivity index (χ3n) is 2.65. The number of thioether (sulfide) groups is 1. The van der Waals surface area contributed by atoms with Crippen LogP contribution in [0.1, 0.15) is 26.7 Å². The summed E-state index contributed by atoms with van der Waals surface area (Å²) in [4.78, 5) is 23.0. The standard InChI is InChI=1S/C14H12FNO4S/c1-21-7-8-5-6-11(20-8)13(17)16-10-4-2-3-9(15)12(10)14(18)19/h2-6H,7H2,1H3,(H,16,17)(H,18,19). The SMILES string of the molecule is CSCc1ccc(C(=O)Nc2cccc(F)c2C(=O)O)o1. The van der Waals surface area contributed by atoms with E-state index >= 15 is 0 Å². The van der Waals surface area contributed by atoms with Crippen LogP contribution < -0.4 is 5.32 Å². The molecule has 7 heteroatoms. The normalized spacial score (nSPS) is 10.4. The molecule has 0 saturated carbocycles. The van der Waals surface area contributed by atoms with Crippen LogP contribution in [0.4, 0.5) is 10.1 Å². The van der Waals surface area contributed by atoms with Crippen LogP contribution in [0, 0.1) is 5.82 Å². The average molecular weight is 309 g/mol. The molecular weight excluding hydrogens is 297 g/mol. The van der Waals surface area contributed by atoms with Crippen LogP contribution in [-0.2, 0) is 5.75 Å². The van der Waals surface area contributed by atoms with Crippen LogP contribution in [-0.4, -0.2) is 23.2 Å². The molecule has 0 aliphatic heterocycles. The van der Waals surface area contributed by atoms with Crippen LogP contribution >= 0.6 is 11.8 Å². The van der Waals surface area contributed by atoms with E-state index in [2.05, 4.69) is 5.32 Å². The van der Waals surface area contributed by atoms with Gasteiger partial charge in [-0.1, -0.05) is 6.07 Å². The molecule has 1 heterocycles. The maximum absolute atomic E-state index is 13.5. The van der Waals surface area contributed by atoms with Gasteiger partial charge in [-0.15, -0.1) is 0 Å². The van der Waals surface area contributed by atoms with Gasteiger partial charge in [-0.25, -0.2) is 9.18 Å². The fourth-order valence-corrected chi connectivity index (χ4v) is 2.19. The maximum atomic E-state index is 13.5. The number of rotatable bonds is 5. The van der Waals surface area contributed by atoms with Gasteiger partial charge in [0.05, 0.1) is 11.4 Å². The Morgan fingerprint density at radius 1 is 1.33 bits per heavy atom. The predicted molar refractivity (Wildman–Crippen MR) is 77.2 cm³/mol. The summed E-state index contributed by atoms with van der Waals surface area (Å²) in [6, 6.07) is 6.80. The molecule has 2 rings (SSSR count). The molecular formula is C14H12FNO4S. The van der Waals surface area contributed by atoms with E-state index in [-0.39, 0.29) is 11.4 Å². The lowest BCUT2D eigenvalue weighted by atomic mass is 10.1. The Morgan fingerprint density at radius 2 is 2.10 bits per heavy atom. The molecule has 1 aromatic heterocycles. The summed E-state index contributed by atoms with van der Waals surface area (Å²) >= 11 is 1.54. The first-order valence-corrected chi connectivity index (χ1v) is 7.33. The van der Waals surface area contributed by atoms with Crippen molar-refractivity contribution in [1.82, 2.24) is 0 Å². The Bertz CT molecular complexity index is 683. The highest BCUT2D eigenvalue weighted by Crippen LogP contribution is 2.21. The van der Waals surface area contributed by atoms with Gasteiger partial charge in [-0.3, -0.25) is 4.79 Å². The second-order valence-electron chi connectivity index (χ2n) is 4.12. The van der Waals surface area contributed by atoms with E-state index in [1.165, 1.54) is 30.0 Å². The number of halogens is 1. The third-order valence-corrected chi connectivity index (χ3v) is 3.22. The summed E-state index contributed by atoms with van der Waals surface area (Å²) in [5.41, 5.74) is -0.697. The second kappa shape index (κ2) is 6.45. The average Bonchev–Trinajstić information content (AvgIpc) is 2.87. The Balaban J connectivity index is 2.23. The van der Waals surface area contributed by atoms with Crippen molar-refractivity contribution >= 4 is 29.3 Å². The summed E-state index contributed by atoms with van der Waals surface area (Å²) in [5.74, 6) is -1.71. The Morgan fingerprint density at radius 3 is 2.76 bits per heavy atom. The highest BCUT2D eigenvalue weighted by Gasteiger charge is 2.19. The first-order valence-electron chi connectivity index (χ1n) is 5.93. The monoisotopic (exact) mass is 309 g/mol. The van der Waals surface area contributed by atoms with E-state index in [0.29, 0.717) is 11.5 Å². The van der Waals surface area contributed by atoms with E-state index in [4.69, 9.17) is 9.52 Å². The lowest BCUT2D eigenvalue weighted by molar-refractivity contribution is 0.0693. The largest absolute Gasteiger partial charge is 0.478 e. The molecule has 110 valence electrons. The summed E-state index contributed by atoms with van der Waals surface area (Å²) in [6.45, 7) is 0. The molecule has 0 fully saturated rings. The summed E-state index contributed by atoms with van der Waals surface area (Å²) < 4.78 is 18.8. The molecule has 2 aromatic rings. The van der Waals surface area contributed by atoms with E-state index in [0.717, 1.165) is 6.07 Å². The molecule has 0 radical (unpaired) electrons. The number of anilines is 1. The van der Waals surface area contributed by atoms with Gasteiger partial charge in [0.15, 0.2) is 5.76 Å². The predicted octanol–water partition coefficient (Wildman–Crippen LogP) is 3.23. The Kier molecular flexibility index (Phi) is 4.64. The fraction of sp³-hybridized carbons (Fsp3) is 0.143. The van der Waals surface area contributed by atoms with E-state index < -0.39 is 23.3 Å². The van der Waals surface area contributed by atoms with Crippen LogP contribution in [0.2, 0.25) is 0 Å². The molecule has 0 aliphatic carbocycles. The zero-order chi connectivity index (χ0) is 15.4. The van der Waals surface area contributed by atoms with Crippen LogP contribution in [0.15, 0.2) is 34.7 Å². The van der Waals surface area contributed by atoms with E-state index in [1.807, 2.05) is 6.26 Å². The molecule has 0 spiro atoms. The van der Waals surface area contributed by atoms with Gasteiger partial charge in [-0.2, -0.15) is 11.8 Å². The lowest BCUT2D eigenvalue weighted by Gasteiger charge is -2.07. The number of furan rings is 1. The molecule has 1 aromatic carbocycles. The molecule has 0 bridgehead atoms. The number of hydrogen-bond acceptors (Lipinski definition) is 4. The zero-order valence-corrected chi connectivity index (χ0v) is 11.9. The minimum absolute atomic E-state index is 0.0413. The minimum Gasteiger partial charge on any atom is -0.478 e. The molecule has 0 aliphatic rings. The van der Waals surface area contributed by atoms with Crippen molar-refractivity contribution in [2.75, 3.05) is 11.6 Å². The molecule has 0 saturated heterocycles. The lowest BCUT2D eigenvalue weighted by Crippen LogP contribution is -2.15. The third kappa shape index (κ3) is 3.43. The van der Waals surface area contributed by atoms with Gasteiger partial charge in [0.1, 0.15) is 17.1 Å². The minimum atomic E-state index is -1.45. The van der Waals surface area contributed by atoms with Crippen molar-refractivity contribution in [3.8, 4) is 0 Å². The number of carbonyl (C=O) groups excluding carboxylic acids is 1. The zero-order valence-electron chi connectivity index (χ0n) is 11.1. The van der Waals surface area contributed by atoms with Crippen LogP contribution in [0.25, 0.3) is 0 Å². The number of hydrogen-bond donors (Lipinski definition) is 2. The van der Waals surface area contributed by atoms with Crippen LogP contribution in [0.5, 0.6) is 0 Å². The van der Waals surface area contributed by atoms with Gasteiger partial charge in [0.25, 0.3) is 5.91 Å². The summed E-state index contributed by atoms with van der Waals surface area (Å²) in [6.07, 6.45) is 1.90. The quantitative estimate of drug-likeness (QED) is 0.886. The molecule has 0 unspecified atom stereocenters. The highest BCUT2D eigenvalue weighted by atomic mass is 32.2. The number of aromatic carboxylic acids is 1. The summed E-state index contributed by atoms with van der Waals surface area (Å²) in [7, 11) is 0. The number of nitrogens with one attached hydrogen (secondary N) is 1. The van der Waals surface area contributed by atoms with Gasteiger partial charge in [-0.05, 0) is 30.5 Å². The Labute approximate surface area is 124 Å².